The van der Waals surface area contributed by atoms with Crippen molar-refractivity contribution in [2.45, 2.75) is 116 Å². The molecule has 0 aliphatic heterocycles. The van der Waals surface area contributed by atoms with E-state index in [-0.39, 0.29) is 31.9 Å². The minimum absolute atomic E-state index is 0. The fourth-order valence-electron chi connectivity index (χ4n) is 8.25. The SMILES string of the molecule is CCCCCCCCCCCCCCCCCCOCCOCCOCCOCCOCCOCCOCCOCCOCCOCCOCCOCCOCCOCCOCCOCCOCCOCCOCCOCCOCCOCCOCCOCCCS(=O)(=O)[O-].[Li+]. The van der Waals surface area contributed by atoms with Crippen LogP contribution >= 0.6 is 0 Å². The summed E-state index contributed by atoms with van der Waals surface area (Å²) in [5, 5.41) is 0. The Balaban J connectivity index is 0. The van der Waals surface area contributed by atoms with Crippen LogP contribution in [0.3, 0.4) is 0 Å². The molecule has 0 bridgehead atoms. The van der Waals surface area contributed by atoms with Crippen LogP contribution in [-0.2, 0) is 124 Å². The summed E-state index contributed by atoms with van der Waals surface area (Å²) < 4.78 is 164. The third-order valence-electron chi connectivity index (χ3n) is 13.4. The summed E-state index contributed by atoms with van der Waals surface area (Å²) >= 11 is 0. The van der Waals surface area contributed by atoms with Gasteiger partial charge in [-0.2, -0.15) is 0 Å². The van der Waals surface area contributed by atoms with Crippen molar-refractivity contribution in [3.8, 4) is 0 Å². The fourth-order valence-corrected chi connectivity index (χ4v) is 8.72. The molecule has 0 spiro atoms. The van der Waals surface area contributed by atoms with Crippen LogP contribution in [0.1, 0.15) is 116 Å². The van der Waals surface area contributed by atoms with Gasteiger partial charge in [-0.25, -0.2) is 8.42 Å². The third-order valence-corrected chi connectivity index (χ3v) is 14.2. The quantitative estimate of drug-likeness (QED) is 0.0478. The van der Waals surface area contributed by atoms with Gasteiger partial charge in [-0.15, -0.1) is 0 Å². The number of rotatable bonds is 90. The van der Waals surface area contributed by atoms with Gasteiger partial charge < -0.3 is 118 Å². The Hall–Kier alpha value is -0.453. The molecule has 29 heteroatoms. The number of unbranched alkanes of at least 4 members (excludes halogenated alkanes) is 15. The summed E-state index contributed by atoms with van der Waals surface area (Å²) in [5.74, 6) is -0.422. The summed E-state index contributed by atoms with van der Waals surface area (Å²) in [6.45, 7) is 25.5. The molecule has 0 aliphatic carbocycles. The average Bonchev–Trinajstić information content (AvgIpc) is 3.70. The number of ether oxygens (including phenoxy) is 24. The van der Waals surface area contributed by atoms with Crippen molar-refractivity contribution < 1.29 is 146 Å². The number of hydrogen-bond donors (Lipinski definition) is 0. The van der Waals surface area contributed by atoms with Crippen molar-refractivity contribution >= 4 is 10.1 Å². The summed E-state index contributed by atoms with van der Waals surface area (Å²) in [6.07, 6.45) is 22.2. The van der Waals surface area contributed by atoms with Crippen molar-refractivity contribution in [2.24, 2.45) is 0 Å². The molecule has 0 fully saturated rings. The second-order valence-electron chi connectivity index (χ2n) is 21.6. The Labute approximate surface area is 591 Å². The monoisotopic (exact) mass is 1410 g/mol. The van der Waals surface area contributed by atoms with Gasteiger partial charge in [0.15, 0.2) is 0 Å². The number of hydrogen-bond acceptors (Lipinski definition) is 27. The van der Waals surface area contributed by atoms with Crippen LogP contribution in [0.15, 0.2) is 0 Å². The van der Waals surface area contributed by atoms with E-state index in [0.29, 0.717) is 304 Å². The van der Waals surface area contributed by atoms with Gasteiger partial charge >= 0.3 is 18.9 Å². The average molecular weight is 1410 g/mol. The van der Waals surface area contributed by atoms with E-state index in [2.05, 4.69) is 6.92 Å². The molecule has 0 rings (SSSR count). The molecular weight excluding hydrogens is 1280 g/mol. The zero-order valence-electron chi connectivity index (χ0n) is 60.1. The van der Waals surface area contributed by atoms with Gasteiger partial charge in [0.25, 0.3) is 0 Å². The van der Waals surface area contributed by atoms with Crippen molar-refractivity contribution in [2.75, 3.05) is 323 Å². The van der Waals surface area contributed by atoms with Crippen LogP contribution in [0.25, 0.3) is 0 Å². The first-order valence-electron chi connectivity index (χ1n) is 35.9. The molecule has 0 atom stereocenters. The fraction of sp³-hybridized carbons (Fsp3) is 1.00. The van der Waals surface area contributed by atoms with Gasteiger partial charge in [0.2, 0.25) is 0 Å². The molecule has 0 radical (unpaired) electrons. The molecule has 0 aromatic carbocycles. The Kier molecular flexibility index (Phi) is 92.1. The summed E-state index contributed by atoms with van der Waals surface area (Å²) in [4.78, 5) is 0. The van der Waals surface area contributed by atoms with Crippen molar-refractivity contribution in [3.05, 3.63) is 0 Å². The zero-order chi connectivity index (χ0) is 68.1. The normalized spacial score (nSPS) is 11.9. The van der Waals surface area contributed by atoms with E-state index >= 15 is 0 Å². The molecule has 0 saturated heterocycles. The topological polar surface area (TPSA) is 279 Å². The molecule has 0 unspecified atom stereocenters. The van der Waals surface area contributed by atoms with Gasteiger partial charge in [0, 0.05) is 19.0 Å². The maximum absolute atomic E-state index is 10.5. The summed E-state index contributed by atoms with van der Waals surface area (Å²) in [5.41, 5.74) is 0. The standard InChI is InChI=1S/C67H136O27S.Li/c1-2-3-4-5-6-7-8-9-10-11-12-13-14-15-16-17-19-71-21-23-73-25-27-75-29-31-77-33-35-79-37-39-81-41-43-83-45-47-85-49-51-87-53-55-89-57-59-91-61-63-93-65-66-94-64-62-92-60-58-90-56-54-88-52-50-86-48-46-84-44-42-82-40-38-80-36-34-78-32-30-76-28-26-74-24-22-72-20-18-67-95(68,69)70;/h2-67H2,1H3,(H,68,69,70);/q;+1/p-1. The summed E-state index contributed by atoms with van der Waals surface area (Å²) in [7, 11) is -4.19. The molecule has 572 valence electrons. The first-order chi connectivity index (χ1) is 47.1. The van der Waals surface area contributed by atoms with Crippen LogP contribution in [0, 0.1) is 0 Å². The van der Waals surface area contributed by atoms with E-state index in [0.717, 1.165) is 13.0 Å². The predicted molar refractivity (Wildman–Crippen MR) is 358 cm³/mol. The molecule has 0 aromatic rings. The van der Waals surface area contributed by atoms with Crippen molar-refractivity contribution in [1.29, 1.82) is 0 Å². The van der Waals surface area contributed by atoms with Gasteiger partial charge in [0.05, 0.1) is 314 Å². The predicted octanol–water partition coefficient (Wildman–Crippen LogP) is 3.59. The Morgan fingerprint density at radius 1 is 0.167 bits per heavy atom. The molecule has 0 saturated carbocycles. The smallest absolute Gasteiger partial charge is 0.748 e. The minimum atomic E-state index is -4.19. The van der Waals surface area contributed by atoms with Gasteiger partial charge in [-0.05, 0) is 12.8 Å². The summed E-state index contributed by atoms with van der Waals surface area (Å²) in [6, 6.07) is 0. The molecule has 0 amide bonds. The van der Waals surface area contributed by atoms with Crippen LogP contribution in [0.2, 0.25) is 0 Å². The minimum Gasteiger partial charge on any atom is -0.748 e. The van der Waals surface area contributed by atoms with E-state index in [9.17, 15) is 13.0 Å². The Bertz CT molecular complexity index is 1480. The maximum Gasteiger partial charge on any atom is 1.00 e. The Morgan fingerprint density at radius 2 is 0.271 bits per heavy atom. The molecule has 96 heavy (non-hydrogen) atoms. The maximum atomic E-state index is 10.5. The molecule has 27 nitrogen and oxygen atoms in total. The van der Waals surface area contributed by atoms with Crippen molar-refractivity contribution in [3.63, 3.8) is 0 Å². The van der Waals surface area contributed by atoms with Crippen LogP contribution in [0.5, 0.6) is 0 Å². The van der Waals surface area contributed by atoms with Gasteiger partial charge in [-0.3, -0.25) is 0 Å². The largest absolute Gasteiger partial charge is 1.00 e. The van der Waals surface area contributed by atoms with E-state index in [1.165, 1.54) is 96.3 Å². The Morgan fingerprint density at radius 3 is 0.396 bits per heavy atom. The van der Waals surface area contributed by atoms with Gasteiger partial charge in [-0.1, -0.05) is 103 Å². The molecular formula is C67H135LiO27S. The van der Waals surface area contributed by atoms with Crippen LogP contribution in [0.4, 0.5) is 0 Å². The second kappa shape index (κ2) is 90.6. The molecule has 0 aromatic heterocycles. The molecule has 0 heterocycles. The third kappa shape index (κ3) is 95.6. The second-order valence-corrected chi connectivity index (χ2v) is 23.1. The zero-order valence-corrected chi connectivity index (χ0v) is 60.9. The van der Waals surface area contributed by atoms with Crippen molar-refractivity contribution in [1.82, 2.24) is 0 Å². The van der Waals surface area contributed by atoms with Crippen LogP contribution < -0.4 is 18.9 Å². The molecule has 0 N–H and O–H groups in total. The first kappa shape index (κ1) is 97.6. The van der Waals surface area contributed by atoms with E-state index < -0.39 is 15.9 Å². The van der Waals surface area contributed by atoms with E-state index in [1.807, 2.05) is 0 Å². The van der Waals surface area contributed by atoms with Gasteiger partial charge in [0.1, 0.15) is 0 Å². The van der Waals surface area contributed by atoms with E-state index in [4.69, 9.17) is 114 Å². The van der Waals surface area contributed by atoms with E-state index in [1.54, 1.807) is 0 Å². The first-order valence-corrected chi connectivity index (χ1v) is 37.4. The van der Waals surface area contributed by atoms with Crippen LogP contribution in [-0.4, -0.2) is 336 Å². The molecule has 0 aliphatic rings.